The third kappa shape index (κ3) is 3.87. The van der Waals surface area contributed by atoms with Crippen molar-refractivity contribution in [2.24, 2.45) is 0 Å². The molecule has 1 aromatic heterocycles. The van der Waals surface area contributed by atoms with Crippen molar-refractivity contribution in [1.29, 1.82) is 0 Å². The van der Waals surface area contributed by atoms with Gasteiger partial charge in [-0.05, 0) is 50.7 Å². The van der Waals surface area contributed by atoms with Crippen LogP contribution in [0.3, 0.4) is 0 Å². The summed E-state index contributed by atoms with van der Waals surface area (Å²) >= 11 is 0. The predicted octanol–water partition coefficient (Wildman–Crippen LogP) is 3.58. The second-order valence-electron chi connectivity index (χ2n) is 6.83. The Kier molecular flexibility index (Phi) is 5.86. The van der Waals surface area contributed by atoms with Gasteiger partial charge < -0.3 is 10.1 Å². The molecule has 0 radical (unpaired) electrons. The van der Waals surface area contributed by atoms with Crippen molar-refractivity contribution in [1.82, 2.24) is 10.3 Å². The first-order valence-corrected chi connectivity index (χ1v) is 9.51. The lowest BCUT2D eigenvalue weighted by Crippen LogP contribution is -2.36. The number of fused-ring (bicyclic) bond motifs is 2. The number of carbonyl (C=O) groups is 2. The molecular formula is C21H26N2O3. The number of para-hydroxylation sites is 1. The lowest BCUT2D eigenvalue weighted by Gasteiger charge is -2.17. The van der Waals surface area contributed by atoms with E-state index in [0.29, 0.717) is 12.1 Å². The van der Waals surface area contributed by atoms with E-state index in [0.717, 1.165) is 60.7 Å². The van der Waals surface area contributed by atoms with Crippen LogP contribution in [0, 0.1) is 0 Å². The smallest absolute Gasteiger partial charge is 0.339 e. The number of ether oxygens (including phenoxy) is 1. The van der Waals surface area contributed by atoms with Crippen LogP contribution in [0.25, 0.3) is 10.9 Å². The van der Waals surface area contributed by atoms with E-state index in [1.807, 2.05) is 31.2 Å². The van der Waals surface area contributed by atoms with Gasteiger partial charge in [-0.2, -0.15) is 0 Å². The first-order valence-electron chi connectivity index (χ1n) is 9.51. The molecule has 5 nitrogen and oxygen atoms in total. The highest BCUT2D eigenvalue weighted by Crippen LogP contribution is 2.29. The minimum atomic E-state index is -0.817. The van der Waals surface area contributed by atoms with Crippen LogP contribution in [0.1, 0.15) is 61.1 Å². The minimum Gasteiger partial charge on any atom is -0.449 e. The Bertz CT molecular complexity index is 816. The number of aromatic nitrogens is 1. The highest BCUT2D eigenvalue weighted by Gasteiger charge is 2.25. The second-order valence-corrected chi connectivity index (χ2v) is 6.83. The molecular weight excluding hydrogens is 328 g/mol. The molecule has 1 heterocycles. The summed E-state index contributed by atoms with van der Waals surface area (Å²) in [6.07, 6.45) is 5.00. The molecule has 26 heavy (non-hydrogen) atoms. The summed E-state index contributed by atoms with van der Waals surface area (Å²) in [6, 6.07) is 7.66. The van der Waals surface area contributed by atoms with Gasteiger partial charge in [-0.1, -0.05) is 31.5 Å². The van der Waals surface area contributed by atoms with Gasteiger partial charge in [-0.3, -0.25) is 9.78 Å². The average Bonchev–Trinajstić information content (AvgIpc) is 2.88. The summed E-state index contributed by atoms with van der Waals surface area (Å²) in [6.45, 7) is 4.18. The van der Waals surface area contributed by atoms with Crippen molar-refractivity contribution in [3.63, 3.8) is 0 Å². The number of esters is 1. The molecule has 138 valence electrons. The molecule has 3 rings (SSSR count). The molecule has 1 amide bonds. The fourth-order valence-electron chi connectivity index (χ4n) is 3.45. The zero-order chi connectivity index (χ0) is 18.5. The number of hydrogen-bond acceptors (Lipinski definition) is 4. The molecule has 0 spiro atoms. The number of nitrogens with one attached hydrogen (secondary N) is 1. The summed E-state index contributed by atoms with van der Waals surface area (Å²) in [5.74, 6) is -0.689. The SMILES string of the molecule is CCCNC(=O)[C@@H](C)OC(=O)c1c2c(nc3ccccc13)CCCCC2. The molecule has 2 aromatic rings. The van der Waals surface area contributed by atoms with Gasteiger partial charge >= 0.3 is 5.97 Å². The number of benzene rings is 1. The van der Waals surface area contributed by atoms with Crippen LogP contribution in [0.15, 0.2) is 24.3 Å². The Labute approximate surface area is 154 Å². The van der Waals surface area contributed by atoms with E-state index in [1.54, 1.807) is 6.92 Å². The summed E-state index contributed by atoms with van der Waals surface area (Å²) < 4.78 is 5.53. The summed E-state index contributed by atoms with van der Waals surface area (Å²) in [4.78, 5) is 29.9. The van der Waals surface area contributed by atoms with Crippen LogP contribution in [-0.4, -0.2) is 29.5 Å². The van der Waals surface area contributed by atoms with Crippen molar-refractivity contribution in [2.45, 2.75) is 58.5 Å². The van der Waals surface area contributed by atoms with E-state index in [2.05, 4.69) is 5.32 Å². The first-order chi connectivity index (χ1) is 12.6. The Morgan fingerprint density at radius 3 is 2.77 bits per heavy atom. The van der Waals surface area contributed by atoms with Gasteiger partial charge in [0.1, 0.15) is 0 Å². The Hall–Kier alpha value is -2.43. The fourth-order valence-corrected chi connectivity index (χ4v) is 3.45. The molecule has 5 heteroatoms. The number of rotatable bonds is 5. The molecule has 0 bridgehead atoms. The number of amides is 1. The topological polar surface area (TPSA) is 68.3 Å². The lowest BCUT2D eigenvalue weighted by atomic mass is 9.97. The van der Waals surface area contributed by atoms with E-state index in [9.17, 15) is 9.59 Å². The van der Waals surface area contributed by atoms with Gasteiger partial charge in [0, 0.05) is 17.6 Å². The molecule has 0 saturated carbocycles. The van der Waals surface area contributed by atoms with E-state index >= 15 is 0 Å². The van der Waals surface area contributed by atoms with Crippen molar-refractivity contribution < 1.29 is 14.3 Å². The summed E-state index contributed by atoms with van der Waals surface area (Å²) in [5, 5.41) is 3.57. The third-order valence-corrected chi connectivity index (χ3v) is 4.83. The van der Waals surface area contributed by atoms with E-state index < -0.39 is 12.1 Å². The first kappa shape index (κ1) is 18.4. The predicted molar refractivity (Wildman–Crippen MR) is 101 cm³/mol. The van der Waals surface area contributed by atoms with Crippen LogP contribution in [0.4, 0.5) is 0 Å². The number of aryl methyl sites for hydroxylation is 1. The normalized spacial score (nSPS) is 15.0. The highest BCUT2D eigenvalue weighted by atomic mass is 16.5. The molecule has 1 atom stereocenters. The van der Waals surface area contributed by atoms with Crippen molar-refractivity contribution in [3.05, 3.63) is 41.1 Å². The molecule has 0 fully saturated rings. The largest absolute Gasteiger partial charge is 0.449 e. The van der Waals surface area contributed by atoms with E-state index in [-0.39, 0.29) is 5.91 Å². The second kappa shape index (κ2) is 8.30. The Morgan fingerprint density at radius 2 is 1.96 bits per heavy atom. The van der Waals surface area contributed by atoms with Crippen LogP contribution in [0.2, 0.25) is 0 Å². The van der Waals surface area contributed by atoms with Crippen molar-refractivity contribution in [2.75, 3.05) is 6.54 Å². The summed E-state index contributed by atoms with van der Waals surface area (Å²) in [5.41, 5.74) is 3.38. The van der Waals surface area contributed by atoms with Gasteiger partial charge in [0.05, 0.1) is 11.1 Å². The van der Waals surface area contributed by atoms with Gasteiger partial charge in [-0.15, -0.1) is 0 Å². The van der Waals surface area contributed by atoms with Gasteiger partial charge in [0.15, 0.2) is 6.10 Å². The zero-order valence-electron chi connectivity index (χ0n) is 15.5. The molecule has 1 aliphatic rings. The highest BCUT2D eigenvalue weighted by molar-refractivity contribution is 6.05. The van der Waals surface area contributed by atoms with E-state index in [1.165, 1.54) is 0 Å². The molecule has 0 aliphatic heterocycles. The zero-order valence-corrected chi connectivity index (χ0v) is 15.5. The molecule has 0 unspecified atom stereocenters. The van der Waals surface area contributed by atoms with E-state index in [4.69, 9.17) is 9.72 Å². The molecule has 1 aromatic carbocycles. The molecule has 1 N–H and O–H groups in total. The van der Waals surface area contributed by atoms with Crippen LogP contribution < -0.4 is 5.32 Å². The van der Waals surface area contributed by atoms with Gasteiger partial charge in [-0.25, -0.2) is 4.79 Å². The van der Waals surface area contributed by atoms with Crippen LogP contribution >= 0.6 is 0 Å². The average molecular weight is 354 g/mol. The number of carbonyl (C=O) groups excluding carboxylic acids is 2. The van der Waals surface area contributed by atoms with Crippen molar-refractivity contribution in [3.8, 4) is 0 Å². The molecule has 0 saturated heterocycles. The van der Waals surface area contributed by atoms with Gasteiger partial charge in [0.25, 0.3) is 5.91 Å². The van der Waals surface area contributed by atoms with Crippen LogP contribution in [0.5, 0.6) is 0 Å². The fraction of sp³-hybridized carbons (Fsp3) is 0.476. The summed E-state index contributed by atoms with van der Waals surface area (Å²) in [7, 11) is 0. The lowest BCUT2D eigenvalue weighted by molar-refractivity contribution is -0.129. The maximum absolute atomic E-state index is 13.0. The van der Waals surface area contributed by atoms with Gasteiger partial charge in [0.2, 0.25) is 0 Å². The maximum atomic E-state index is 13.0. The number of hydrogen-bond donors (Lipinski definition) is 1. The minimum absolute atomic E-state index is 0.260. The molecule has 1 aliphatic carbocycles. The monoisotopic (exact) mass is 354 g/mol. The maximum Gasteiger partial charge on any atom is 0.339 e. The van der Waals surface area contributed by atoms with Crippen molar-refractivity contribution >= 4 is 22.8 Å². The quantitative estimate of drug-likeness (QED) is 0.658. The Balaban J connectivity index is 1.96. The standard InChI is InChI=1S/C21H26N2O3/c1-3-13-22-20(24)14(2)26-21(25)19-15-9-5-4-6-11-17(15)23-18-12-8-7-10-16(18)19/h7-8,10,12,14H,3-6,9,11,13H2,1-2H3,(H,22,24)/t14-/m1/s1. The Morgan fingerprint density at radius 1 is 1.19 bits per heavy atom. The number of pyridine rings is 1. The third-order valence-electron chi connectivity index (χ3n) is 4.83. The number of nitrogens with zero attached hydrogens (tertiary/aromatic N) is 1. The van der Waals surface area contributed by atoms with Crippen LogP contribution in [-0.2, 0) is 22.4 Å².